The molecule has 0 saturated carbocycles. The van der Waals surface area contributed by atoms with E-state index < -0.39 is 10.0 Å². The number of hydrogen-bond donors (Lipinski definition) is 1. The molecule has 2 atom stereocenters. The molecule has 0 aromatic heterocycles. The van der Waals surface area contributed by atoms with Crippen molar-refractivity contribution in [1.82, 2.24) is 9.62 Å². The third-order valence-corrected chi connectivity index (χ3v) is 4.69. The Balaban J connectivity index is 2.47. The van der Waals surface area contributed by atoms with Gasteiger partial charge in [-0.15, -0.1) is 6.42 Å². The largest absolute Gasteiger partial charge is 0.303 e. The van der Waals surface area contributed by atoms with Crippen molar-refractivity contribution in [2.45, 2.75) is 32.7 Å². The Bertz CT molecular complexity index is 398. The summed E-state index contributed by atoms with van der Waals surface area (Å²) in [7, 11) is -3.05. The van der Waals surface area contributed by atoms with E-state index in [1.807, 2.05) is 0 Å². The molecule has 0 amide bonds. The van der Waals surface area contributed by atoms with Gasteiger partial charge in [-0.1, -0.05) is 19.8 Å². The number of rotatable bonds is 5. The minimum absolute atomic E-state index is 0.0682. The van der Waals surface area contributed by atoms with Gasteiger partial charge in [0.05, 0.1) is 12.3 Å². The molecule has 1 aliphatic rings. The highest BCUT2D eigenvalue weighted by atomic mass is 32.2. The van der Waals surface area contributed by atoms with Crippen molar-refractivity contribution in [3.8, 4) is 12.3 Å². The monoisotopic (exact) mass is 272 g/mol. The smallest absolute Gasteiger partial charge is 0.211 e. The molecule has 0 aromatic carbocycles. The fourth-order valence-corrected chi connectivity index (χ4v) is 3.22. The van der Waals surface area contributed by atoms with Gasteiger partial charge in [0.25, 0.3) is 0 Å². The molecule has 0 spiro atoms. The zero-order valence-electron chi connectivity index (χ0n) is 11.5. The summed E-state index contributed by atoms with van der Waals surface area (Å²) in [5, 5.41) is 3.35. The Morgan fingerprint density at radius 2 is 2.17 bits per heavy atom. The van der Waals surface area contributed by atoms with Crippen molar-refractivity contribution >= 4 is 10.0 Å². The van der Waals surface area contributed by atoms with E-state index in [0.29, 0.717) is 24.9 Å². The van der Waals surface area contributed by atoms with E-state index >= 15 is 0 Å². The molecule has 1 N–H and O–H groups in total. The van der Waals surface area contributed by atoms with Gasteiger partial charge in [0.1, 0.15) is 0 Å². The first-order valence-electron chi connectivity index (χ1n) is 6.49. The van der Waals surface area contributed by atoms with Crippen molar-refractivity contribution < 1.29 is 8.42 Å². The number of hydrogen-bond acceptors (Lipinski definition) is 3. The van der Waals surface area contributed by atoms with Crippen LogP contribution < -0.4 is 5.32 Å². The van der Waals surface area contributed by atoms with Crippen LogP contribution in [0, 0.1) is 24.2 Å². The van der Waals surface area contributed by atoms with Crippen molar-refractivity contribution in [1.29, 1.82) is 0 Å². The van der Waals surface area contributed by atoms with Crippen LogP contribution in [-0.2, 0) is 10.0 Å². The molecule has 1 aliphatic heterocycles. The molecule has 5 heteroatoms. The van der Waals surface area contributed by atoms with Gasteiger partial charge in [-0.05, 0) is 24.7 Å². The fraction of sp³-hybridized carbons (Fsp3) is 0.846. The highest BCUT2D eigenvalue weighted by molar-refractivity contribution is 7.88. The highest BCUT2D eigenvalue weighted by Crippen LogP contribution is 2.18. The first-order valence-corrected chi connectivity index (χ1v) is 8.34. The van der Waals surface area contributed by atoms with Crippen LogP contribution in [0.4, 0.5) is 0 Å². The highest BCUT2D eigenvalue weighted by Gasteiger charge is 2.26. The SMILES string of the molecule is C#CC(NCC1CCCN(S(C)(=O)=O)C1)C(C)C. The van der Waals surface area contributed by atoms with Crippen LogP contribution in [0.25, 0.3) is 0 Å². The summed E-state index contributed by atoms with van der Waals surface area (Å²) in [6.45, 7) is 6.22. The molecule has 2 unspecified atom stereocenters. The van der Waals surface area contributed by atoms with Crippen LogP contribution in [0.5, 0.6) is 0 Å². The maximum atomic E-state index is 11.5. The van der Waals surface area contributed by atoms with Gasteiger partial charge < -0.3 is 5.32 Å². The van der Waals surface area contributed by atoms with Crippen LogP contribution >= 0.6 is 0 Å². The Hall–Kier alpha value is -0.570. The summed E-state index contributed by atoms with van der Waals surface area (Å²) in [6.07, 6.45) is 8.74. The van der Waals surface area contributed by atoms with Gasteiger partial charge in [-0.2, -0.15) is 0 Å². The van der Waals surface area contributed by atoms with E-state index in [-0.39, 0.29) is 6.04 Å². The molecule has 104 valence electrons. The van der Waals surface area contributed by atoms with Crippen LogP contribution in [0.3, 0.4) is 0 Å². The van der Waals surface area contributed by atoms with Gasteiger partial charge in [0.2, 0.25) is 10.0 Å². The topological polar surface area (TPSA) is 49.4 Å². The molecular formula is C13H24N2O2S. The summed E-state index contributed by atoms with van der Waals surface area (Å²) in [5.74, 6) is 3.50. The predicted octanol–water partition coefficient (Wildman–Crippen LogP) is 0.905. The predicted molar refractivity (Wildman–Crippen MR) is 74.6 cm³/mol. The lowest BCUT2D eigenvalue weighted by atomic mass is 9.98. The van der Waals surface area contributed by atoms with E-state index in [4.69, 9.17) is 6.42 Å². The Morgan fingerprint density at radius 1 is 1.50 bits per heavy atom. The van der Waals surface area contributed by atoms with Gasteiger partial charge in [0, 0.05) is 19.6 Å². The third kappa shape index (κ3) is 4.60. The van der Waals surface area contributed by atoms with Gasteiger partial charge in [-0.25, -0.2) is 12.7 Å². The number of nitrogens with one attached hydrogen (secondary N) is 1. The maximum Gasteiger partial charge on any atom is 0.211 e. The van der Waals surface area contributed by atoms with Gasteiger partial charge >= 0.3 is 0 Å². The normalized spacial score (nSPS) is 23.8. The van der Waals surface area contributed by atoms with Crippen LogP contribution in [0.15, 0.2) is 0 Å². The lowest BCUT2D eigenvalue weighted by molar-refractivity contribution is 0.255. The Kier molecular flexibility index (Phi) is 5.64. The Morgan fingerprint density at radius 3 is 2.67 bits per heavy atom. The molecular weight excluding hydrogens is 248 g/mol. The molecule has 1 rings (SSSR count). The van der Waals surface area contributed by atoms with E-state index in [1.165, 1.54) is 6.26 Å². The number of sulfonamides is 1. The summed E-state index contributed by atoms with van der Waals surface area (Å²) in [4.78, 5) is 0. The van der Waals surface area contributed by atoms with E-state index in [0.717, 1.165) is 19.4 Å². The van der Waals surface area contributed by atoms with Crippen molar-refractivity contribution in [2.75, 3.05) is 25.9 Å². The minimum atomic E-state index is -3.05. The van der Waals surface area contributed by atoms with E-state index in [1.54, 1.807) is 4.31 Å². The van der Waals surface area contributed by atoms with Gasteiger partial charge in [-0.3, -0.25) is 0 Å². The van der Waals surface area contributed by atoms with Crippen molar-refractivity contribution in [2.24, 2.45) is 11.8 Å². The number of nitrogens with zero attached hydrogens (tertiary/aromatic N) is 1. The summed E-state index contributed by atoms with van der Waals surface area (Å²) in [5.41, 5.74) is 0. The molecule has 18 heavy (non-hydrogen) atoms. The molecule has 0 aromatic rings. The quantitative estimate of drug-likeness (QED) is 0.757. The summed E-state index contributed by atoms with van der Waals surface area (Å²) >= 11 is 0. The standard InChI is InChI=1S/C13H24N2O2S/c1-5-13(11(2)3)14-9-12-7-6-8-15(10-12)18(4,16)17/h1,11-14H,6-10H2,2-4H3. The first-order chi connectivity index (χ1) is 8.34. The van der Waals surface area contributed by atoms with Crippen molar-refractivity contribution in [3.63, 3.8) is 0 Å². The average Bonchev–Trinajstić information content (AvgIpc) is 2.28. The molecule has 0 aliphatic carbocycles. The average molecular weight is 272 g/mol. The third-order valence-electron chi connectivity index (χ3n) is 3.42. The first kappa shape index (κ1) is 15.5. The zero-order valence-corrected chi connectivity index (χ0v) is 12.3. The Labute approximate surface area is 111 Å². The second-order valence-electron chi connectivity index (χ2n) is 5.43. The minimum Gasteiger partial charge on any atom is -0.303 e. The second kappa shape index (κ2) is 6.55. The van der Waals surface area contributed by atoms with Crippen LogP contribution in [-0.4, -0.2) is 44.7 Å². The summed E-state index contributed by atoms with van der Waals surface area (Å²) < 4.78 is 24.6. The fourth-order valence-electron chi connectivity index (χ4n) is 2.28. The van der Waals surface area contributed by atoms with E-state index in [9.17, 15) is 8.42 Å². The second-order valence-corrected chi connectivity index (χ2v) is 7.41. The number of terminal acetylenes is 1. The van der Waals surface area contributed by atoms with Crippen molar-refractivity contribution in [3.05, 3.63) is 0 Å². The molecule has 4 nitrogen and oxygen atoms in total. The lowest BCUT2D eigenvalue weighted by Crippen LogP contribution is -2.44. The van der Waals surface area contributed by atoms with Crippen LogP contribution in [0.1, 0.15) is 26.7 Å². The van der Waals surface area contributed by atoms with E-state index in [2.05, 4.69) is 25.1 Å². The lowest BCUT2D eigenvalue weighted by Gasteiger charge is -2.32. The van der Waals surface area contributed by atoms with Gasteiger partial charge in [0.15, 0.2) is 0 Å². The molecule has 1 heterocycles. The zero-order chi connectivity index (χ0) is 13.8. The van der Waals surface area contributed by atoms with Crippen LogP contribution in [0.2, 0.25) is 0 Å². The molecule has 0 bridgehead atoms. The number of piperidine rings is 1. The molecule has 1 saturated heterocycles. The summed E-state index contributed by atoms with van der Waals surface area (Å²) in [6, 6.07) is 0.0682. The molecule has 0 radical (unpaired) electrons. The maximum absolute atomic E-state index is 11.5. The molecule has 1 fully saturated rings.